The van der Waals surface area contributed by atoms with E-state index in [1.165, 1.54) is 0 Å². The zero-order valence-electron chi connectivity index (χ0n) is 14.1. The van der Waals surface area contributed by atoms with E-state index in [2.05, 4.69) is 5.32 Å². The molecule has 0 saturated carbocycles. The van der Waals surface area contributed by atoms with Gasteiger partial charge in [0.15, 0.2) is 0 Å². The predicted octanol–water partition coefficient (Wildman–Crippen LogP) is -0.502. The van der Waals surface area contributed by atoms with Gasteiger partial charge in [0.2, 0.25) is 11.8 Å². The molecule has 0 bridgehead atoms. The lowest BCUT2D eigenvalue weighted by molar-refractivity contribution is -0.139. The zero-order valence-corrected chi connectivity index (χ0v) is 14.1. The molecule has 0 aromatic heterocycles. The van der Waals surface area contributed by atoms with Gasteiger partial charge in [0.1, 0.15) is 5.60 Å². The van der Waals surface area contributed by atoms with Gasteiger partial charge in [-0.3, -0.25) is 14.5 Å². The lowest BCUT2D eigenvalue weighted by Crippen LogP contribution is -2.55. The lowest BCUT2D eigenvalue weighted by atomic mass is 10.2. The SMILES string of the molecule is CC(C)(C)OC(=O)N1CCN(CC(=O)N2CCNC(=O)C2)CC1. The molecular formula is C15H26N4O4. The Balaban J connectivity index is 1.75. The first kappa shape index (κ1) is 17.5. The Morgan fingerprint density at radius 2 is 1.74 bits per heavy atom. The number of carbonyl (C=O) groups excluding carboxylic acids is 3. The van der Waals surface area contributed by atoms with Gasteiger partial charge in [0.05, 0.1) is 13.1 Å². The average Bonchev–Trinajstić information content (AvgIpc) is 2.46. The number of hydrogen-bond acceptors (Lipinski definition) is 5. The van der Waals surface area contributed by atoms with Gasteiger partial charge in [0, 0.05) is 39.3 Å². The molecule has 0 aromatic carbocycles. The summed E-state index contributed by atoms with van der Waals surface area (Å²) < 4.78 is 5.35. The molecular weight excluding hydrogens is 300 g/mol. The number of nitrogens with one attached hydrogen (secondary N) is 1. The van der Waals surface area contributed by atoms with Crippen LogP contribution in [0.2, 0.25) is 0 Å². The number of nitrogens with zero attached hydrogens (tertiary/aromatic N) is 3. The van der Waals surface area contributed by atoms with E-state index >= 15 is 0 Å². The van der Waals surface area contributed by atoms with Gasteiger partial charge in [-0.2, -0.15) is 0 Å². The largest absolute Gasteiger partial charge is 0.444 e. The van der Waals surface area contributed by atoms with Crippen LogP contribution in [0.25, 0.3) is 0 Å². The second-order valence-electron chi connectivity index (χ2n) is 6.91. The third kappa shape index (κ3) is 5.38. The summed E-state index contributed by atoms with van der Waals surface area (Å²) in [5.74, 6) is -0.148. The molecule has 2 fully saturated rings. The molecule has 0 radical (unpaired) electrons. The topological polar surface area (TPSA) is 82.2 Å². The van der Waals surface area contributed by atoms with Crippen molar-refractivity contribution < 1.29 is 19.1 Å². The molecule has 23 heavy (non-hydrogen) atoms. The van der Waals surface area contributed by atoms with Crippen LogP contribution >= 0.6 is 0 Å². The van der Waals surface area contributed by atoms with Crippen molar-refractivity contribution in [1.29, 1.82) is 0 Å². The molecule has 0 aliphatic carbocycles. The van der Waals surface area contributed by atoms with Crippen molar-refractivity contribution >= 4 is 17.9 Å². The fourth-order valence-electron chi connectivity index (χ4n) is 2.56. The summed E-state index contributed by atoms with van der Waals surface area (Å²) in [6, 6.07) is 0. The smallest absolute Gasteiger partial charge is 0.410 e. The quantitative estimate of drug-likeness (QED) is 0.740. The molecule has 2 aliphatic heterocycles. The molecule has 2 saturated heterocycles. The van der Waals surface area contributed by atoms with E-state index in [1.54, 1.807) is 9.80 Å². The number of ether oxygens (including phenoxy) is 1. The molecule has 0 spiro atoms. The summed E-state index contributed by atoms with van der Waals surface area (Å²) in [5, 5.41) is 2.70. The lowest BCUT2D eigenvalue weighted by Gasteiger charge is -2.36. The Hall–Kier alpha value is -1.83. The van der Waals surface area contributed by atoms with Crippen LogP contribution in [0.4, 0.5) is 4.79 Å². The Kier molecular flexibility index (Phi) is 5.46. The summed E-state index contributed by atoms with van der Waals surface area (Å²) in [7, 11) is 0. The average molecular weight is 326 g/mol. The first-order valence-corrected chi connectivity index (χ1v) is 7.99. The number of piperazine rings is 2. The van der Waals surface area contributed by atoms with Crippen LogP contribution in [0.15, 0.2) is 0 Å². The Morgan fingerprint density at radius 1 is 1.09 bits per heavy atom. The van der Waals surface area contributed by atoms with Gasteiger partial charge in [-0.1, -0.05) is 0 Å². The summed E-state index contributed by atoms with van der Waals surface area (Å²) in [6.45, 7) is 9.37. The molecule has 0 unspecified atom stereocenters. The molecule has 2 heterocycles. The van der Waals surface area contributed by atoms with Crippen molar-refractivity contribution in [3.8, 4) is 0 Å². The summed E-state index contributed by atoms with van der Waals surface area (Å²) in [6.07, 6.45) is -0.309. The molecule has 2 aliphatic rings. The zero-order chi connectivity index (χ0) is 17.0. The van der Waals surface area contributed by atoms with Crippen LogP contribution in [-0.4, -0.2) is 90.6 Å². The number of carbonyl (C=O) groups is 3. The van der Waals surface area contributed by atoms with Crippen LogP contribution in [-0.2, 0) is 14.3 Å². The standard InChI is InChI=1S/C15H26N4O4/c1-15(2,3)23-14(22)18-8-6-17(7-9-18)11-13(21)19-5-4-16-12(20)10-19/h4-11H2,1-3H3,(H,16,20). The van der Waals surface area contributed by atoms with Gasteiger partial charge in [-0.15, -0.1) is 0 Å². The van der Waals surface area contributed by atoms with E-state index in [0.29, 0.717) is 39.3 Å². The molecule has 130 valence electrons. The van der Waals surface area contributed by atoms with Crippen LogP contribution in [0.3, 0.4) is 0 Å². The first-order valence-electron chi connectivity index (χ1n) is 7.99. The monoisotopic (exact) mass is 326 g/mol. The summed E-state index contributed by atoms with van der Waals surface area (Å²) in [5.41, 5.74) is -0.501. The van der Waals surface area contributed by atoms with Gasteiger partial charge < -0.3 is 19.9 Å². The maximum Gasteiger partial charge on any atom is 0.410 e. The highest BCUT2D eigenvalue weighted by Gasteiger charge is 2.28. The molecule has 8 nitrogen and oxygen atoms in total. The maximum atomic E-state index is 12.2. The van der Waals surface area contributed by atoms with Crippen LogP contribution in [0, 0.1) is 0 Å². The van der Waals surface area contributed by atoms with Crippen LogP contribution in [0.1, 0.15) is 20.8 Å². The Labute approximate surface area is 136 Å². The van der Waals surface area contributed by atoms with E-state index < -0.39 is 5.60 Å². The number of hydrogen-bond donors (Lipinski definition) is 1. The third-order valence-electron chi connectivity index (χ3n) is 3.77. The van der Waals surface area contributed by atoms with Gasteiger partial charge >= 0.3 is 6.09 Å². The van der Waals surface area contributed by atoms with Crippen molar-refractivity contribution in [3.63, 3.8) is 0 Å². The highest BCUT2D eigenvalue weighted by atomic mass is 16.6. The van der Waals surface area contributed by atoms with E-state index in [1.807, 2.05) is 25.7 Å². The minimum absolute atomic E-state index is 0.0365. The Morgan fingerprint density at radius 3 is 2.30 bits per heavy atom. The summed E-state index contributed by atoms with van der Waals surface area (Å²) >= 11 is 0. The van der Waals surface area contributed by atoms with Crippen molar-refractivity contribution in [1.82, 2.24) is 20.0 Å². The Bertz CT molecular complexity index is 467. The first-order chi connectivity index (χ1) is 10.7. The molecule has 8 heteroatoms. The van der Waals surface area contributed by atoms with E-state index in [-0.39, 0.29) is 31.0 Å². The molecule has 0 aromatic rings. The van der Waals surface area contributed by atoms with Gasteiger partial charge in [-0.05, 0) is 20.8 Å². The molecule has 0 atom stereocenters. The van der Waals surface area contributed by atoms with E-state index in [9.17, 15) is 14.4 Å². The van der Waals surface area contributed by atoms with E-state index in [4.69, 9.17) is 4.74 Å². The fourth-order valence-corrected chi connectivity index (χ4v) is 2.56. The minimum atomic E-state index is -0.501. The van der Waals surface area contributed by atoms with Crippen molar-refractivity contribution in [3.05, 3.63) is 0 Å². The van der Waals surface area contributed by atoms with Crippen molar-refractivity contribution in [2.45, 2.75) is 26.4 Å². The second-order valence-corrected chi connectivity index (χ2v) is 6.91. The predicted molar refractivity (Wildman–Crippen MR) is 83.8 cm³/mol. The fraction of sp³-hybridized carbons (Fsp3) is 0.800. The van der Waals surface area contributed by atoms with Crippen LogP contribution in [0.5, 0.6) is 0 Å². The number of amides is 3. The highest BCUT2D eigenvalue weighted by Crippen LogP contribution is 2.12. The molecule has 3 amide bonds. The summed E-state index contributed by atoms with van der Waals surface area (Å²) in [4.78, 5) is 40.8. The van der Waals surface area contributed by atoms with Crippen molar-refractivity contribution in [2.75, 3.05) is 52.4 Å². The van der Waals surface area contributed by atoms with E-state index in [0.717, 1.165) is 0 Å². The highest BCUT2D eigenvalue weighted by molar-refractivity contribution is 5.86. The third-order valence-corrected chi connectivity index (χ3v) is 3.77. The minimum Gasteiger partial charge on any atom is -0.444 e. The maximum absolute atomic E-state index is 12.2. The van der Waals surface area contributed by atoms with Gasteiger partial charge in [-0.25, -0.2) is 4.79 Å². The number of rotatable bonds is 2. The molecule has 2 rings (SSSR count). The van der Waals surface area contributed by atoms with Gasteiger partial charge in [0.25, 0.3) is 0 Å². The second kappa shape index (κ2) is 7.16. The van der Waals surface area contributed by atoms with Crippen molar-refractivity contribution in [2.24, 2.45) is 0 Å². The normalized spacial score (nSPS) is 20.2. The molecule has 1 N–H and O–H groups in total. The van der Waals surface area contributed by atoms with Crippen LogP contribution < -0.4 is 5.32 Å².